The number of hydrogen-bond acceptors (Lipinski definition) is 1. The molecule has 0 bridgehead atoms. The van der Waals surface area contributed by atoms with E-state index in [1.54, 1.807) is 0 Å². The second kappa shape index (κ2) is 6.12. The van der Waals surface area contributed by atoms with Gasteiger partial charge in [-0.1, -0.05) is 13.3 Å². The molecule has 3 nitrogen and oxygen atoms in total. The van der Waals surface area contributed by atoms with Crippen molar-refractivity contribution in [2.45, 2.75) is 45.1 Å². The average molecular weight is 327 g/mol. The van der Waals surface area contributed by atoms with Gasteiger partial charge in [0.1, 0.15) is 5.69 Å². The Hall–Kier alpha value is -0.770. The molecule has 1 aliphatic rings. The molecule has 1 aromatic heterocycles. The molecule has 0 aromatic carbocycles. The highest BCUT2D eigenvalue weighted by atomic mass is 79.9. The van der Waals surface area contributed by atoms with Crippen LogP contribution < -0.4 is 0 Å². The quantitative estimate of drug-likeness (QED) is 0.828. The van der Waals surface area contributed by atoms with Crippen molar-refractivity contribution in [1.29, 1.82) is 0 Å². The molecule has 1 amide bonds. The van der Waals surface area contributed by atoms with Crippen molar-refractivity contribution < 1.29 is 4.79 Å². The summed E-state index contributed by atoms with van der Waals surface area (Å²) in [6.07, 6.45) is 8.01. The number of halogens is 1. The Morgan fingerprint density at radius 2 is 2.05 bits per heavy atom. The van der Waals surface area contributed by atoms with Gasteiger partial charge in [0.05, 0.1) is 0 Å². The molecule has 0 atom stereocenters. The van der Waals surface area contributed by atoms with Crippen LogP contribution in [-0.2, 0) is 7.05 Å². The Morgan fingerprint density at radius 1 is 1.42 bits per heavy atom. The van der Waals surface area contributed by atoms with Crippen LogP contribution in [0.5, 0.6) is 0 Å². The molecule has 1 aliphatic carbocycles. The van der Waals surface area contributed by atoms with Crippen molar-refractivity contribution in [3.63, 3.8) is 0 Å². The monoisotopic (exact) mass is 326 g/mol. The van der Waals surface area contributed by atoms with Gasteiger partial charge in [0.2, 0.25) is 0 Å². The van der Waals surface area contributed by atoms with Crippen LogP contribution >= 0.6 is 15.9 Å². The number of rotatable bonds is 3. The minimum Gasteiger partial charge on any atom is -0.345 e. The van der Waals surface area contributed by atoms with Gasteiger partial charge in [-0.3, -0.25) is 4.79 Å². The minimum atomic E-state index is 0.133. The van der Waals surface area contributed by atoms with Gasteiger partial charge >= 0.3 is 0 Å². The second-order valence-electron chi connectivity index (χ2n) is 5.65. The van der Waals surface area contributed by atoms with Gasteiger partial charge in [-0.15, -0.1) is 0 Å². The minimum absolute atomic E-state index is 0.133. The van der Waals surface area contributed by atoms with Crippen molar-refractivity contribution in [2.24, 2.45) is 13.0 Å². The highest BCUT2D eigenvalue weighted by Gasteiger charge is 2.27. The zero-order valence-corrected chi connectivity index (χ0v) is 13.6. The summed E-state index contributed by atoms with van der Waals surface area (Å²) in [6.45, 7) is 2.27. The third-order valence-electron chi connectivity index (χ3n) is 4.45. The van der Waals surface area contributed by atoms with Crippen LogP contribution in [0.3, 0.4) is 0 Å². The van der Waals surface area contributed by atoms with E-state index in [1.165, 1.54) is 19.3 Å². The molecule has 0 radical (unpaired) electrons. The summed E-state index contributed by atoms with van der Waals surface area (Å²) in [4.78, 5) is 14.5. The van der Waals surface area contributed by atoms with E-state index in [0.717, 1.165) is 28.9 Å². The lowest BCUT2D eigenvalue weighted by Crippen LogP contribution is -2.40. The number of aromatic nitrogens is 1. The molecule has 1 fully saturated rings. The summed E-state index contributed by atoms with van der Waals surface area (Å²) in [5.74, 6) is 0.997. The Balaban J connectivity index is 2.02. The maximum Gasteiger partial charge on any atom is 0.270 e. The average Bonchev–Trinajstić information content (AvgIpc) is 2.76. The predicted octanol–water partition coefficient (Wildman–Crippen LogP) is 3.83. The first kappa shape index (κ1) is 14.6. The molecule has 0 spiro atoms. The van der Waals surface area contributed by atoms with Gasteiger partial charge in [-0.25, -0.2) is 0 Å². The molecule has 1 saturated carbocycles. The molecule has 1 heterocycles. The molecule has 1 aromatic rings. The summed E-state index contributed by atoms with van der Waals surface area (Å²) >= 11 is 3.42. The van der Waals surface area contributed by atoms with Crippen LogP contribution in [0.25, 0.3) is 0 Å². The van der Waals surface area contributed by atoms with Gasteiger partial charge in [-0.05, 0) is 53.6 Å². The van der Waals surface area contributed by atoms with Crippen molar-refractivity contribution >= 4 is 21.8 Å². The number of carbonyl (C=O) groups excluding carboxylic acids is 1. The fourth-order valence-electron chi connectivity index (χ4n) is 3.02. The van der Waals surface area contributed by atoms with Crippen LogP contribution in [0, 0.1) is 5.92 Å². The SMILES string of the molecule is CCC1CCC(N(C)C(=O)c2cc(Br)cn2C)CC1. The lowest BCUT2D eigenvalue weighted by Gasteiger charge is -2.34. The molecule has 0 N–H and O–H groups in total. The lowest BCUT2D eigenvalue weighted by molar-refractivity contribution is 0.0665. The summed E-state index contributed by atoms with van der Waals surface area (Å²) < 4.78 is 2.85. The Kier molecular flexibility index (Phi) is 4.71. The highest BCUT2D eigenvalue weighted by Crippen LogP contribution is 2.29. The van der Waals surface area contributed by atoms with Gasteiger partial charge in [0.15, 0.2) is 0 Å². The normalized spacial score (nSPS) is 23.4. The van der Waals surface area contributed by atoms with Crippen LogP contribution in [0.4, 0.5) is 0 Å². The number of amides is 1. The van der Waals surface area contributed by atoms with E-state index in [2.05, 4.69) is 22.9 Å². The maximum absolute atomic E-state index is 12.5. The number of aryl methyl sites for hydroxylation is 1. The first-order chi connectivity index (χ1) is 9.02. The third kappa shape index (κ3) is 3.22. The molecular weight excluding hydrogens is 304 g/mol. The zero-order chi connectivity index (χ0) is 14.0. The fourth-order valence-corrected chi connectivity index (χ4v) is 3.55. The van der Waals surface area contributed by atoms with Crippen LogP contribution in [0.15, 0.2) is 16.7 Å². The topological polar surface area (TPSA) is 25.2 Å². The van der Waals surface area contributed by atoms with Gasteiger partial charge in [0, 0.05) is 30.8 Å². The van der Waals surface area contributed by atoms with Gasteiger partial charge < -0.3 is 9.47 Å². The van der Waals surface area contributed by atoms with E-state index in [9.17, 15) is 4.79 Å². The fraction of sp³-hybridized carbons (Fsp3) is 0.667. The zero-order valence-electron chi connectivity index (χ0n) is 12.0. The van der Waals surface area contributed by atoms with Crippen LogP contribution in [0.2, 0.25) is 0 Å². The second-order valence-corrected chi connectivity index (χ2v) is 6.57. The van der Waals surface area contributed by atoms with E-state index in [4.69, 9.17) is 0 Å². The molecule has 0 saturated heterocycles. The molecular formula is C15H23BrN2O. The van der Waals surface area contributed by atoms with Crippen molar-refractivity contribution in [2.75, 3.05) is 7.05 Å². The molecule has 19 heavy (non-hydrogen) atoms. The summed E-state index contributed by atoms with van der Waals surface area (Å²) in [6, 6.07) is 2.31. The third-order valence-corrected chi connectivity index (χ3v) is 4.89. The van der Waals surface area contributed by atoms with Crippen LogP contribution in [-0.4, -0.2) is 28.5 Å². The van der Waals surface area contributed by atoms with E-state index >= 15 is 0 Å². The maximum atomic E-state index is 12.5. The number of carbonyl (C=O) groups is 1. The molecule has 0 unspecified atom stereocenters. The Morgan fingerprint density at radius 3 is 2.53 bits per heavy atom. The molecule has 0 aliphatic heterocycles. The Labute approximate surface area is 124 Å². The first-order valence-corrected chi connectivity index (χ1v) is 7.91. The van der Waals surface area contributed by atoms with E-state index in [-0.39, 0.29) is 5.91 Å². The highest BCUT2D eigenvalue weighted by molar-refractivity contribution is 9.10. The largest absolute Gasteiger partial charge is 0.345 e. The smallest absolute Gasteiger partial charge is 0.270 e. The van der Waals surface area contributed by atoms with Gasteiger partial charge in [-0.2, -0.15) is 0 Å². The summed E-state index contributed by atoms with van der Waals surface area (Å²) in [7, 11) is 3.86. The van der Waals surface area contributed by atoms with Crippen LogP contribution in [0.1, 0.15) is 49.5 Å². The van der Waals surface area contributed by atoms with Crippen molar-refractivity contribution in [3.05, 3.63) is 22.4 Å². The van der Waals surface area contributed by atoms with E-state index < -0.39 is 0 Å². The lowest BCUT2D eigenvalue weighted by atomic mass is 9.84. The van der Waals surface area contributed by atoms with Crippen molar-refractivity contribution in [3.8, 4) is 0 Å². The molecule has 4 heteroatoms. The molecule has 2 rings (SSSR count). The number of nitrogens with zero attached hydrogens (tertiary/aromatic N) is 2. The Bertz CT molecular complexity index is 447. The summed E-state index contributed by atoms with van der Waals surface area (Å²) in [5, 5.41) is 0. The van der Waals surface area contributed by atoms with E-state index in [1.807, 2.05) is 35.8 Å². The number of hydrogen-bond donors (Lipinski definition) is 0. The predicted molar refractivity (Wildman–Crippen MR) is 81.2 cm³/mol. The summed E-state index contributed by atoms with van der Waals surface area (Å²) in [5.41, 5.74) is 0.756. The van der Waals surface area contributed by atoms with E-state index in [0.29, 0.717) is 6.04 Å². The van der Waals surface area contributed by atoms with Gasteiger partial charge in [0.25, 0.3) is 5.91 Å². The first-order valence-electron chi connectivity index (χ1n) is 7.12. The van der Waals surface area contributed by atoms with Crippen molar-refractivity contribution in [1.82, 2.24) is 9.47 Å². The standard InChI is InChI=1S/C15H23BrN2O/c1-4-11-5-7-13(8-6-11)18(3)15(19)14-9-12(16)10-17(14)2/h9-11,13H,4-8H2,1-3H3. The molecule has 106 valence electrons.